The van der Waals surface area contributed by atoms with Crippen LogP contribution in [-0.4, -0.2) is 22.2 Å². The van der Waals surface area contributed by atoms with Gasteiger partial charge in [0.25, 0.3) is 0 Å². The summed E-state index contributed by atoms with van der Waals surface area (Å²) in [6, 6.07) is 7.60. The predicted octanol–water partition coefficient (Wildman–Crippen LogP) is 3.15. The van der Waals surface area contributed by atoms with Crippen LogP contribution in [0.4, 0.5) is 0 Å². The molecule has 0 amide bonds. The molecule has 0 aliphatic heterocycles. The van der Waals surface area contributed by atoms with Crippen molar-refractivity contribution >= 4 is 5.78 Å². The lowest BCUT2D eigenvalue weighted by Gasteiger charge is -2.12. The average molecular weight is 272 g/mol. The Balaban J connectivity index is 2.39. The summed E-state index contributed by atoms with van der Waals surface area (Å²) < 4.78 is 7.57. The molecule has 0 aliphatic carbocycles. The van der Waals surface area contributed by atoms with Crippen LogP contribution < -0.4 is 4.74 Å². The van der Waals surface area contributed by atoms with E-state index in [1.807, 2.05) is 43.7 Å². The molecule has 20 heavy (non-hydrogen) atoms. The van der Waals surface area contributed by atoms with Crippen molar-refractivity contribution in [2.45, 2.75) is 34.2 Å². The Bertz CT molecular complexity index is 629. The van der Waals surface area contributed by atoms with Crippen molar-refractivity contribution in [1.29, 1.82) is 0 Å². The number of carbonyl (C=O) groups excluding carboxylic acids is 1. The fourth-order valence-corrected chi connectivity index (χ4v) is 2.21. The number of Topliss-reactive ketones (excluding diaryl/α,β-unsaturated/α-hetero) is 1. The van der Waals surface area contributed by atoms with E-state index >= 15 is 0 Å². The second kappa shape index (κ2) is 5.90. The molecule has 4 nitrogen and oxygen atoms in total. The Hall–Kier alpha value is -2.10. The van der Waals surface area contributed by atoms with Gasteiger partial charge in [0.2, 0.25) is 0 Å². The highest BCUT2D eigenvalue weighted by Crippen LogP contribution is 2.22. The van der Waals surface area contributed by atoms with Gasteiger partial charge in [-0.2, -0.15) is 5.10 Å². The summed E-state index contributed by atoms with van der Waals surface area (Å²) in [6.45, 7) is 8.72. The number of ether oxygens (including phenoxy) is 1. The van der Waals surface area contributed by atoms with Gasteiger partial charge in [-0.1, -0.05) is 0 Å². The number of hydrogen-bond donors (Lipinski definition) is 0. The molecule has 1 heterocycles. The van der Waals surface area contributed by atoms with Crippen molar-refractivity contribution in [3.05, 3.63) is 46.8 Å². The minimum Gasteiger partial charge on any atom is -0.494 e. The second-order valence-electron chi connectivity index (χ2n) is 4.90. The van der Waals surface area contributed by atoms with Gasteiger partial charge in [0.15, 0.2) is 5.78 Å². The van der Waals surface area contributed by atoms with Crippen LogP contribution in [0.5, 0.6) is 5.75 Å². The molecular formula is C16H20N2O2. The summed E-state index contributed by atoms with van der Waals surface area (Å²) in [7, 11) is 0. The van der Waals surface area contributed by atoms with E-state index in [9.17, 15) is 4.79 Å². The summed E-state index contributed by atoms with van der Waals surface area (Å²) in [5, 5.41) is 4.46. The molecule has 0 spiro atoms. The quantitative estimate of drug-likeness (QED) is 0.785. The first kappa shape index (κ1) is 14.3. The number of ketones is 1. The number of hydrogen-bond acceptors (Lipinski definition) is 3. The van der Waals surface area contributed by atoms with E-state index < -0.39 is 0 Å². The number of aryl methyl sites for hydroxylation is 2. The Labute approximate surface area is 119 Å². The lowest BCUT2D eigenvalue weighted by molar-refractivity contribution is 0.101. The van der Waals surface area contributed by atoms with Crippen molar-refractivity contribution in [3.8, 4) is 5.75 Å². The van der Waals surface area contributed by atoms with Crippen LogP contribution >= 0.6 is 0 Å². The maximum atomic E-state index is 11.5. The highest BCUT2D eigenvalue weighted by molar-refractivity contribution is 5.94. The molecule has 0 N–H and O–H groups in total. The Morgan fingerprint density at radius 2 is 2.05 bits per heavy atom. The van der Waals surface area contributed by atoms with Crippen LogP contribution in [0.15, 0.2) is 24.3 Å². The summed E-state index contributed by atoms with van der Waals surface area (Å²) in [6.07, 6.45) is 0. The number of carbonyl (C=O) groups is 1. The molecule has 0 atom stereocenters. The Morgan fingerprint density at radius 3 is 2.60 bits per heavy atom. The fraction of sp³-hybridized carbons (Fsp3) is 0.375. The number of nitrogens with zero attached hydrogens (tertiary/aromatic N) is 2. The van der Waals surface area contributed by atoms with Gasteiger partial charge < -0.3 is 4.74 Å². The van der Waals surface area contributed by atoms with Crippen LogP contribution in [0.1, 0.15) is 41.2 Å². The lowest BCUT2D eigenvalue weighted by atomic mass is 10.1. The molecule has 106 valence electrons. The van der Waals surface area contributed by atoms with E-state index in [-0.39, 0.29) is 5.78 Å². The summed E-state index contributed by atoms with van der Waals surface area (Å²) in [4.78, 5) is 11.5. The standard InChI is InChI=1S/C16H20N2O2/c1-5-20-16-7-6-14(13(4)19)9-15(16)10-18-12(3)8-11(2)17-18/h6-9H,5,10H2,1-4H3. The van der Waals surface area contributed by atoms with Gasteiger partial charge in [0.05, 0.1) is 18.8 Å². The molecule has 0 aliphatic rings. The van der Waals surface area contributed by atoms with E-state index in [4.69, 9.17) is 4.74 Å². The molecular weight excluding hydrogens is 252 g/mol. The van der Waals surface area contributed by atoms with Crippen LogP contribution in [0, 0.1) is 13.8 Å². The number of benzene rings is 1. The zero-order valence-corrected chi connectivity index (χ0v) is 12.4. The highest BCUT2D eigenvalue weighted by atomic mass is 16.5. The third-order valence-electron chi connectivity index (χ3n) is 3.19. The SMILES string of the molecule is CCOc1ccc(C(C)=O)cc1Cn1nc(C)cc1C. The largest absolute Gasteiger partial charge is 0.494 e. The third-order valence-corrected chi connectivity index (χ3v) is 3.19. The molecule has 0 fully saturated rings. The monoisotopic (exact) mass is 272 g/mol. The van der Waals surface area contributed by atoms with Crippen LogP contribution in [0.2, 0.25) is 0 Å². The van der Waals surface area contributed by atoms with E-state index in [1.165, 1.54) is 0 Å². The maximum Gasteiger partial charge on any atom is 0.159 e. The van der Waals surface area contributed by atoms with Crippen LogP contribution in [0.3, 0.4) is 0 Å². The molecule has 0 saturated carbocycles. The highest BCUT2D eigenvalue weighted by Gasteiger charge is 2.10. The van der Waals surface area contributed by atoms with E-state index in [2.05, 4.69) is 5.10 Å². The topological polar surface area (TPSA) is 44.1 Å². The van der Waals surface area contributed by atoms with E-state index in [1.54, 1.807) is 13.0 Å². The van der Waals surface area contributed by atoms with Gasteiger partial charge in [-0.3, -0.25) is 9.48 Å². The molecule has 4 heteroatoms. The van der Waals surface area contributed by atoms with Gasteiger partial charge in [-0.05, 0) is 52.0 Å². The van der Waals surface area contributed by atoms with E-state index in [0.717, 1.165) is 22.7 Å². The zero-order chi connectivity index (χ0) is 14.7. The van der Waals surface area contributed by atoms with Gasteiger partial charge in [0.1, 0.15) is 5.75 Å². The molecule has 0 bridgehead atoms. The lowest BCUT2D eigenvalue weighted by Crippen LogP contribution is -2.07. The molecule has 2 rings (SSSR count). The van der Waals surface area contributed by atoms with Crippen molar-refractivity contribution < 1.29 is 9.53 Å². The minimum atomic E-state index is 0.0580. The summed E-state index contributed by atoms with van der Waals surface area (Å²) in [5.74, 6) is 0.868. The van der Waals surface area contributed by atoms with Gasteiger partial charge >= 0.3 is 0 Å². The summed E-state index contributed by atoms with van der Waals surface area (Å²) in [5.41, 5.74) is 3.76. The fourth-order valence-electron chi connectivity index (χ4n) is 2.21. The molecule has 0 unspecified atom stereocenters. The summed E-state index contributed by atoms with van der Waals surface area (Å²) >= 11 is 0. The van der Waals surface area contributed by atoms with Crippen molar-refractivity contribution in [1.82, 2.24) is 9.78 Å². The van der Waals surface area contributed by atoms with Crippen molar-refractivity contribution in [2.75, 3.05) is 6.61 Å². The first-order valence-corrected chi connectivity index (χ1v) is 6.79. The van der Waals surface area contributed by atoms with Crippen molar-refractivity contribution in [2.24, 2.45) is 0 Å². The molecule has 1 aromatic heterocycles. The number of rotatable bonds is 5. The predicted molar refractivity (Wildman–Crippen MR) is 78.4 cm³/mol. The Kier molecular flexibility index (Phi) is 4.23. The van der Waals surface area contributed by atoms with Crippen molar-refractivity contribution in [3.63, 3.8) is 0 Å². The molecule has 2 aromatic rings. The third kappa shape index (κ3) is 3.07. The average Bonchev–Trinajstić information content (AvgIpc) is 2.70. The normalized spacial score (nSPS) is 10.6. The Morgan fingerprint density at radius 1 is 1.30 bits per heavy atom. The zero-order valence-electron chi connectivity index (χ0n) is 12.4. The van der Waals surface area contributed by atoms with Crippen LogP contribution in [0.25, 0.3) is 0 Å². The maximum absolute atomic E-state index is 11.5. The van der Waals surface area contributed by atoms with Gasteiger partial charge in [-0.15, -0.1) is 0 Å². The minimum absolute atomic E-state index is 0.0580. The van der Waals surface area contributed by atoms with E-state index in [0.29, 0.717) is 18.7 Å². The van der Waals surface area contributed by atoms with Gasteiger partial charge in [-0.25, -0.2) is 0 Å². The molecule has 0 saturated heterocycles. The first-order chi connectivity index (χ1) is 9.51. The molecule has 0 radical (unpaired) electrons. The van der Waals surface area contributed by atoms with Crippen LogP contribution in [-0.2, 0) is 6.54 Å². The second-order valence-corrected chi connectivity index (χ2v) is 4.90. The number of aromatic nitrogens is 2. The molecule has 1 aromatic carbocycles. The van der Waals surface area contributed by atoms with Gasteiger partial charge in [0, 0.05) is 16.8 Å². The first-order valence-electron chi connectivity index (χ1n) is 6.79. The smallest absolute Gasteiger partial charge is 0.159 e.